The molecule has 7 nitrogen and oxygen atoms in total. The van der Waals surface area contributed by atoms with Crippen molar-refractivity contribution in [2.24, 2.45) is 0 Å². The van der Waals surface area contributed by atoms with Gasteiger partial charge in [-0.1, -0.05) is 30.3 Å². The number of nitro benzene ring substituents is 1. The number of nitrogens with zero attached hydrogens (tertiary/aromatic N) is 1. The van der Waals surface area contributed by atoms with E-state index in [0.29, 0.717) is 18.8 Å². The maximum absolute atomic E-state index is 11.4. The minimum absolute atomic E-state index is 0.115. The van der Waals surface area contributed by atoms with E-state index >= 15 is 0 Å². The van der Waals surface area contributed by atoms with E-state index in [1.165, 1.54) is 25.3 Å². The molecule has 0 amide bonds. The maximum Gasteiger partial charge on any atom is 0.311 e. The Morgan fingerprint density at radius 3 is 2.41 bits per heavy atom. The van der Waals surface area contributed by atoms with Crippen LogP contribution in [-0.4, -0.2) is 39.0 Å². The van der Waals surface area contributed by atoms with Gasteiger partial charge in [-0.15, -0.1) is 0 Å². The van der Waals surface area contributed by atoms with Crippen molar-refractivity contribution >= 4 is 5.69 Å². The lowest BCUT2D eigenvalue weighted by atomic mass is 10.0. The highest BCUT2D eigenvalue weighted by atomic mass is 16.6. The third-order valence-corrected chi connectivity index (χ3v) is 4.20. The van der Waals surface area contributed by atoms with Crippen LogP contribution in [0, 0.1) is 10.1 Å². The molecule has 0 N–H and O–H groups in total. The van der Waals surface area contributed by atoms with E-state index < -0.39 is 11.0 Å². The molecule has 0 fully saturated rings. The number of methoxy groups -OCH3 is 3. The largest absolute Gasteiger partial charge is 0.497 e. The molecular formula is C20H25NO6. The first-order valence-electron chi connectivity index (χ1n) is 8.66. The van der Waals surface area contributed by atoms with Gasteiger partial charge in [-0.25, -0.2) is 0 Å². The van der Waals surface area contributed by atoms with Gasteiger partial charge in [-0.3, -0.25) is 10.1 Å². The molecule has 0 aliphatic heterocycles. The molecule has 0 aliphatic rings. The first kappa shape index (κ1) is 20.7. The summed E-state index contributed by atoms with van der Waals surface area (Å²) in [5.74, 6) is 0.639. The lowest BCUT2D eigenvalue weighted by molar-refractivity contribution is -0.386. The molecule has 0 radical (unpaired) electrons. The van der Waals surface area contributed by atoms with Gasteiger partial charge in [-0.05, 0) is 24.5 Å². The van der Waals surface area contributed by atoms with Gasteiger partial charge in [0, 0.05) is 33.0 Å². The van der Waals surface area contributed by atoms with E-state index in [1.807, 2.05) is 30.3 Å². The van der Waals surface area contributed by atoms with Crippen molar-refractivity contribution in [2.45, 2.75) is 25.0 Å². The zero-order valence-electron chi connectivity index (χ0n) is 15.8. The van der Waals surface area contributed by atoms with Crippen LogP contribution in [0.2, 0.25) is 0 Å². The van der Waals surface area contributed by atoms with Gasteiger partial charge in [0.1, 0.15) is 18.0 Å². The molecule has 27 heavy (non-hydrogen) atoms. The number of rotatable bonds is 11. The van der Waals surface area contributed by atoms with Gasteiger partial charge < -0.3 is 18.9 Å². The van der Waals surface area contributed by atoms with E-state index in [1.54, 1.807) is 14.2 Å². The fraction of sp³-hybridized carbons (Fsp3) is 0.400. The summed E-state index contributed by atoms with van der Waals surface area (Å²) < 4.78 is 22.1. The summed E-state index contributed by atoms with van der Waals surface area (Å²) in [5, 5.41) is 11.4. The van der Waals surface area contributed by atoms with Gasteiger partial charge in [0.05, 0.1) is 12.0 Å². The van der Waals surface area contributed by atoms with E-state index in [4.69, 9.17) is 18.9 Å². The van der Waals surface area contributed by atoms with Crippen molar-refractivity contribution in [3.05, 3.63) is 64.2 Å². The molecule has 2 aromatic carbocycles. The van der Waals surface area contributed by atoms with Crippen molar-refractivity contribution in [3.63, 3.8) is 0 Å². The third kappa shape index (κ3) is 5.67. The number of nitro groups is 1. The highest BCUT2D eigenvalue weighted by molar-refractivity contribution is 5.50. The van der Waals surface area contributed by atoms with Crippen LogP contribution in [-0.2, 0) is 9.47 Å². The predicted molar refractivity (Wildman–Crippen MR) is 101 cm³/mol. The molecule has 0 aromatic heterocycles. The topological polar surface area (TPSA) is 80.1 Å². The lowest BCUT2D eigenvalue weighted by Gasteiger charge is -2.27. The van der Waals surface area contributed by atoms with Gasteiger partial charge >= 0.3 is 5.69 Å². The quantitative estimate of drug-likeness (QED) is 0.333. The van der Waals surface area contributed by atoms with Gasteiger partial charge in [0.25, 0.3) is 0 Å². The summed E-state index contributed by atoms with van der Waals surface area (Å²) >= 11 is 0. The van der Waals surface area contributed by atoms with Gasteiger partial charge in [0.2, 0.25) is 5.75 Å². The van der Waals surface area contributed by atoms with Gasteiger partial charge in [-0.2, -0.15) is 0 Å². The minimum Gasteiger partial charge on any atom is -0.497 e. The Balaban J connectivity index is 2.35. The van der Waals surface area contributed by atoms with Crippen LogP contribution in [0.15, 0.2) is 48.5 Å². The highest BCUT2D eigenvalue weighted by Crippen LogP contribution is 2.35. The zero-order valence-corrected chi connectivity index (χ0v) is 15.8. The molecule has 2 atom stereocenters. The van der Waals surface area contributed by atoms with Crippen molar-refractivity contribution in [3.8, 4) is 11.5 Å². The van der Waals surface area contributed by atoms with Crippen LogP contribution in [0.4, 0.5) is 5.69 Å². The first-order valence-corrected chi connectivity index (χ1v) is 8.66. The molecule has 7 heteroatoms. The van der Waals surface area contributed by atoms with Crippen molar-refractivity contribution in [2.75, 3.05) is 27.9 Å². The molecule has 2 rings (SSSR count). The Kier molecular flexibility index (Phi) is 8.03. The van der Waals surface area contributed by atoms with Crippen molar-refractivity contribution in [1.82, 2.24) is 0 Å². The standard InChI is InChI=1S/C20H25NO6/c1-24-13-7-10-18(20(26-3)15-8-5-4-6-9-15)27-19-14-16(25-2)11-12-17(19)21(22)23/h4-6,8-9,11-12,14,18,20H,7,10,13H2,1-3H3. The normalized spacial score (nSPS) is 13.0. The van der Waals surface area contributed by atoms with Crippen LogP contribution in [0.3, 0.4) is 0 Å². The van der Waals surface area contributed by atoms with Crippen LogP contribution < -0.4 is 9.47 Å². The first-order chi connectivity index (χ1) is 13.1. The summed E-state index contributed by atoms with van der Waals surface area (Å²) in [6.07, 6.45) is 0.522. The Bertz CT molecular complexity index is 722. The Hall–Kier alpha value is -2.64. The van der Waals surface area contributed by atoms with E-state index in [2.05, 4.69) is 0 Å². The minimum atomic E-state index is -0.467. The van der Waals surface area contributed by atoms with E-state index in [-0.39, 0.29) is 17.5 Å². The van der Waals surface area contributed by atoms with Crippen LogP contribution in [0.1, 0.15) is 24.5 Å². The number of benzene rings is 2. The summed E-state index contributed by atoms with van der Waals surface area (Å²) in [7, 11) is 4.74. The Labute approximate surface area is 159 Å². The molecule has 0 saturated carbocycles. The maximum atomic E-state index is 11.4. The molecule has 0 saturated heterocycles. The summed E-state index contributed by atoms with van der Waals surface area (Å²) in [5.41, 5.74) is 0.823. The third-order valence-electron chi connectivity index (χ3n) is 4.20. The Morgan fingerprint density at radius 2 is 1.81 bits per heavy atom. The molecule has 0 aliphatic carbocycles. The summed E-state index contributed by atoms with van der Waals surface area (Å²) in [6.45, 7) is 0.561. The molecule has 0 spiro atoms. The fourth-order valence-electron chi connectivity index (χ4n) is 2.88. The smallest absolute Gasteiger partial charge is 0.311 e. The predicted octanol–water partition coefficient (Wildman–Crippen LogP) is 4.17. The second-order valence-corrected chi connectivity index (χ2v) is 5.95. The number of hydrogen-bond acceptors (Lipinski definition) is 6. The molecule has 146 valence electrons. The van der Waals surface area contributed by atoms with Crippen molar-refractivity contribution < 1.29 is 23.9 Å². The monoisotopic (exact) mass is 375 g/mol. The zero-order chi connectivity index (χ0) is 19.6. The average Bonchev–Trinajstić information content (AvgIpc) is 2.69. The number of hydrogen-bond donors (Lipinski definition) is 0. The summed E-state index contributed by atoms with van der Waals surface area (Å²) in [4.78, 5) is 10.9. The average molecular weight is 375 g/mol. The molecule has 0 heterocycles. The number of ether oxygens (including phenoxy) is 4. The summed E-state index contributed by atoms with van der Waals surface area (Å²) in [6, 6.07) is 14.1. The Morgan fingerprint density at radius 1 is 1.07 bits per heavy atom. The van der Waals surface area contributed by atoms with Gasteiger partial charge in [0.15, 0.2) is 0 Å². The second kappa shape index (κ2) is 10.5. The lowest BCUT2D eigenvalue weighted by Crippen LogP contribution is -2.27. The SMILES string of the molecule is COCCCC(Oc1cc(OC)ccc1[N+](=O)[O-])C(OC)c1ccccc1. The second-order valence-electron chi connectivity index (χ2n) is 5.95. The molecule has 2 aromatic rings. The van der Waals surface area contributed by atoms with Crippen LogP contribution in [0.25, 0.3) is 0 Å². The van der Waals surface area contributed by atoms with E-state index in [0.717, 1.165) is 12.0 Å². The highest BCUT2D eigenvalue weighted by Gasteiger charge is 2.28. The molecule has 2 unspecified atom stereocenters. The van der Waals surface area contributed by atoms with Crippen LogP contribution >= 0.6 is 0 Å². The molecule has 0 bridgehead atoms. The fourth-order valence-corrected chi connectivity index (χ4v) is 2.88. The molecular weight excluding hydrogens is 350 g/mol. The van der Waals surface area contributed by atoms with Crippen LogP contribution in [0.5, 0.6) is 11.5 Å². The van der Waals surface area contributed by atoms with E-state index in [9.17, 15) is 10.1 Å². The van der Waals surface area contributed by atoms with Crippen molar-refractivity contribution in [1.29, 1.82) is 0 Å².